The Hall–Kier alpha value is -2.13. The number of carboxylic acids is 1. The van der Waals surface area contributed by atoms with Crippen LogP contribution in [0.3, 0.4) is 0 Å². The summed E-state index contributed by atoms with van der Waals surface area (Å²) in [5.41, 5.74) is 1.43. The van der Waals surface area contributed by atoms with E-state index in [1.54, 1.807) is 17.9 Å². The average molecular weight is 312 g/mol. The summed E-state index contributed by atoms with van der Waals surface area (Å²) in [5.74, 6) is -1.21. The Morgan fingerprint density at radius 1 is 1.52 bits per heavy atom. The zero-order valence-corrected chi connectivity index (χ0v) is 12.4. The van der Waals surface area contributed by atoms with Crippen LogP contribution < -0.4 is 4.72 Å². The lowest BCUT2D eigenvalue weighted by molar-refractivity contribution is 0.0691. The molecule has 0 radical (unpaired) electrons. The van der Waals surface area contributed by atoms with E-state index in [1.807, 2.05) is 6.92 Å². The first-order valence-electron chi connectivity index (χ1n) is 6.26. The van der Waals surface area contributed by atoms with Crippen LogP contribution in [0.4, 0.5) is 0 Å². The van der Waals surface area contributed by atoms with Crippen molar-refractivity contribution in [3.05, 3.63) is 35.4 Å². The first-order valence-corrected chi connectivity index (χ1v) is 7.74. The highest BCUT2D eigenvalue weighted by Gasteiger charge is 2.19. The number of hydrogen-bond acceptors (Lipinski definition) is 4. The van der Waals surface area contributed by atoms with Gasteiger partial charge in [0.05, 0.1) is 5.69 Å². The predicted molar refractivity (Wildman–Crippen MR) is 74.4 cm³/mol. The standard InChI is InChI=1S/C12H16N4O4S/c1-3-10-8(7-16(2)15-10)5-14-21(19,20)9-4-11(12(17)18)13-6-9/h4,6-7,13-14H,3,5H2,1-2H3,(H,17,18). The zero-order chi connectivity index (χ0) is 15.6. The summed E-state index contributed by atoms with van der Waals surface area (Å²) in [6.45, 7) is 2.04. The number of carbonyl (C=O) groups is 1. The van der Waals surface area contributed by atoms with Crippen LogP contribution in [-0.4, -0.2) is 34.3 Å². The van der Waals surface area contributed by atoms with Gasteiger partial charge in [-0.25, -0.2) is 17.9 Å². The third-order valence-corrected chi connectivity index (χ3v) is 4.36. The summed E-state index contributed by atoms with van der Waals surface area (Å²) < 4.78 is 28.3. The van der Waals surface area contributed by atoms with E-state index in [1.165, 1.54) is 0 Å². The van der Waals surface area contributed by atoms with Crippen LogP contribution >= 0.6 is 0 Å². The van der Waals surface area contributed by atoms with Gasteiger partial charge in [-0.05, 0) is 12.5 Å². The molecule has 21 heavy (non-hydrogen) atoms. The summed E-state index contributed by atoms with van der Waals surface area (Å²) in [6, 6.07) is 1.08. The van der Waals surface area contributed by atoms with Crippen molar-refractivity contribution in [2.45, 2.75) is 24.8 Å². The third-order valence-electron chi connectivity index (χ3n) is 2.98. The highest BCUT2D eigenvalue weighted by atomic mass is 32.2. The van der Waals surface area contributed by atoms with Gasteiger partial charge in [0.1, 0.15) is 10.6 Å². The number of rotatable bonds is 6. The average Bonchev–Trinajstić information content (AvgIpc) is 3.03. The summed E-state index contributed by atoms with van der Waals surface area (Å²) >= 11 is 0. The van der Waals surface area contributed by atoms with Gasteiger partial charge in [-0.1, -0.05) is 6.92 Å². The van der Waals surface area contributed by atoms with Crippen molar-refractivity contribution >= 4 is 16.0 Å². The first-order chi connectivity index (χ1) is 9.83. The molecule has 0 spiro atoms. The van der Waals surface area contributed by atoms with Gasteiger partial charge in [-0.3, -0.25) is 4.68 Å². The number of aromatic carboxylic acids is 1. The normalized spacial score (nSPS) is 11.7. The fourth-order valence-electron chi connectivity index (χ4n) is 1.94. The van der Waals surface area contributed by atoms with Crippen LogP contribution in [0.1, 0.15) is 28.7 Å². The van der Waals surface area contributed by atoms with E-state index >= 15 is 0 Å². The van der Waals surface area contributed by atoms with Crippen molar-refractivity contribution in [2.24, 2.45) is 7.05 Å². The molecule has 0 aliphatic carbocycles. The summed E-state index contributed by atoms with van der Waals surface area (Å²) in [6.07, 6.45) is 3.60. The maximum absolute atomic E-state index is 12.1. The Labute approximate surface area is 121 Å². The Morgan fingerprint density at radius 3 is 2.81 bits per heavy atom. The molecule has 0 unspecified atom stereocenters. The molecule has 0 saturated heterocycles. The SMILES string of the molecule is CCc1nn(C)cc1CNS(=O)(=O)c1c[nH]c(C(=O)O)c1. The van der Waals surface area contributed by atoms with Crippen LogP contribution in [0.5, 0.6) is 0 Å². The van der Waals surface area contributed by atoms with Gasteiger partial charge in [0.25, 0.3) is 0 Å². The number of nitrogens with zero attached hydrogens (tertiary/aromatic N) is 2. The van der Waals surface area contributed by atoms with Crippen LogP contribution in [0.15, 0.2) is 23.4 Å². The molecule has 0 saturated carbocycles. The largest absolute Gasteiger partial charge is 0.477 e. The smallest absolute Gasteiger partial charge is 0.352 e. The van der Waals surface area contributed by atoms with Gasteiger partial charge in [0.2, 0.25) is 10.0 Å². The molecule has 0 amide bonds. The fraction of sp³-hybridized carbons (Fsp3) is 0.333. The second-order valence-electron chi connectivity index (χ2n) is 4.51. The quantitative estimate of drug-likeness (QED) is 0.717. The van der Waals surface area contributed by atoms with Crippen molar-refractivity contribution in [2.75, 3.05) is 0 Å². The number of carboxylic acid groups (broad SMARTS) is 1. The van der Waals surface area contributed by atoms with Crippen molar-refractivity contribution in [1.29, 1.82) is 0 Å². The lowest BCUT2D eigenvalue weighted by atomic mass is 10.2. The molecule has 2 aromatic heterocycles. The molecule has 3 N–H and O–H groups in total. The highest BCUT2D eigenvalue weighted by molar-refractivity contribution is 7.89. The van der Waals surface area contributed by atoms with Crippen molar-refractivity contribution < 1.29 is 18.3 Å². The van der Waals surface area contributed by atoms with Crippen LogP contribution in [-0.2, 0) is 30.0 Å². The molecular formula is C12H16N4O4S. The summed E-state index contributed by atoms with van der Waals surface area (Å²) in [4.78, 5) is 13.0. The number of nitrogens with one attached hydrogen (secondary N) is 2. The molecule has 0 aliphatic heterocycles. The monoisotopic (exact) mass is 312 g/mol. The van der Waals surface area contributed by atoms with E-state index in [2.05, 4.69) is 14.8 Å². The van der Waals surface area contributed by atoms with Crippen LogP contribution in [0, 0.1) is 0 Å². The first kappa shape index (κ1) is 15.3. The number of aryl methyl sites for hydroxylation is 2. The minimum atomic E-state index is -3.77. The maximum Gasteiger partial charge on any atom is 0.352 e. The Balaban J connectivity index is 2.15. The van der Waals surface area contributed by atoms with Crippen molar-refractivity contribution in [1.82, 2.24) is 19.5 Å². The van der Waals surface area contributed by atoms with Gasteiger partial charge < -0.3 is 10.1 Å². The van der Waals surface area contributed by atoms with E-state index in [-0.39, 0.29) is 17.1 Å². The van der Waals surface area contributed by atoms with Crippen LogP contribution in [0.2, 0.25) is 0 Å². The third kappa shape index (κ3) is 3.31. The second-order valence-corrected chi connectivity index (χ2v) is 6.27. The fourth-order valence-corrected chi connectivity index (χ4v) is 2.94. The number of H-pyrrole nitrogens is 1. The lowest BCUT2D eigenvalue weighted by Gasteiger charge is -2.04. The minimum Gasteiger partial charge on any atom is -0.477 e. The van der Waals surface area contributed by atoms with Crippen LogP contribution in [0.25, 0.3) is 0 Å². The van der Waals surface area contributed by atoms with Gasteiger partial charge in [0.15, 0.2) is 0 Å². The van der Waals surface area contributed by atoms with Gasteiger partial charge in [-0.2, -0.15) is 5.10 Å². The highest BCUT2D eigenvalue weighted by Crippen LogP contribution is 2.13. The van der Waals surface area contributed by atoms with Gasteiger partial charge >= 0.3 is 5.97 Å². The summed E-state index contributed by atoms with van der Waals surface area (Å²) in [5, 5.41) is 13.0. The van der Waals surface area contributed by atoms with E-state index in [0.717, 1.165) is 23.5 Å². The van der Waals surface area contributed by atoms with Crippen molar-refractivity contribution in [3.63, 3.8) is 0 Å². The van der Waals surface area contributed by atoms with Gasteiger partial charge in [0, 0.05) is 31.5 Å². The van der Waals surface area contributed by atoms with E-state index < -0.39 is 16.0 Å². The maximum atomic E-state index is 12.1. The van der Waals surface area contributed by atoms with E-state index in [4.69, 9.17) is 5.11 Å². The molecule has 0 aliphatic rings. The molecule has 0 fully saturated rings. The summed E-state index contributed by atoms with van der Waals surface area (Å²) in [7, 11) is -2.00. The molecule has 2 heterocycles. The number of sulfonamides is 1. The zero-order valence-electron chi connectivity index (χ0n) is 11.6. The number of aromatic nitrogens is 3. The van der Waals surface area contributed by atoms with E-state index in [9.17, 15) is 13.2 Å². The van der Waals surface area contributed by atoms with Crippen molar-refractivity contribution in [3.8, 4) is 0 Å². The Kier molecular flexibility index (Phi) is 4.14. The lowest BCUT2D eigenvalue weighted by Crippen LogP contribution is -2.23. The molecular weight excluding hydrogens is 296 g/mol. The Bertz CT molecular complexity index is 760. The Morgan fingerprint density at radius 2 is 2.24 bits per heavy atom. The molecule has 114 valence electrons. The molecule has 0 bridgehead atoms. The van der Waals surface area contributed by atoms with E-state index in [0.29, 0.717) is 6.42 Å². The minimum absolute atomic E-state index is 0.104. The molecule has 0 aromatic carbocycles. The molecule has 9 heteroatoms. The number of hydrogen-bond donors (Lipinski definition) is 3. The molecule has 0 atom stereocenters. The number of aromatic amines is 1. The second kappa shape index (κ2) is 5.70. The molecule has 2 rings (SSSR count). The molecule has 8 nitrogen and oxygen atoms in total. The van der Waals surface area contributed by atoms with Gasteiger partial charge in [-0.15, -0.1) is 0 Å². The topological polar surface area (TPSA) is 117 Å². The predicted octanol–water partition coefficient (Wildman–Crippen LogP) is 0.487. The molecule has 2 aromatic rings.